The Morgan fingerprint density at radius 1 is 1.50 bits per heavy atom. The van der Waals surface area contributed by atoms with Gasteiger partial charge in [0.2, 0.25) is 0 Å². The summed E-state index contributed by atoms with van der Waals surface area (Å²) >= 11 is 0. The molecule has 0 aliphatic heterocycles. The maximum atomic E-state index is 10.8. The van der Waals surface area contributed by atoms with Gasteiger partial charge in [-0.05, 0) is 24.1 Å². The van der Waals surface area contributed by atoms with E-state index >= 15 is 0 Å². The van der Waals surface area contributed by atoms with Crippen LogP contribution in [0.1, 0.15) is 12.0 Å². The zero-order chi connectivity index (χ0) is 10.6. The first-order valence-electron chi connectivity index (χ1n) is 4.27. The summed E-state index contributed by atoms with van der Waals surface area (Å²) in [4.78, 5) is 10.8. The molecule has 4 heteroatoms. The lowest BCUT2D eigenvalue weighted by molar-refractivity contribution is -0.140. The van der Waals surface area contributed by atoms with E-state index in [1.807, 2.05) is 0 Å². The van der Waals surface area contributed by atoms with E-state index in [0.29, 0.717) is 18.5 Å². The number of hydrogen-bond acceptors (Lipinski definition) is 4. The van der Waals surface area contributed by atoms with Crippen molar-refractivity contribution in [2.45, 2.75) is 12.8 Å². The normalized spacial score (nSPS) is 9.79. The second-order valence-corrected chi connectivity index (χ2v) is 3.01. The maximum absolute atomic E-state index is 10.8. The SMILES string of the molecule is COC(=O)CCc1cc(N)cc(O)c1. The number of nitrogens with two attached hydrogens (primary N) is 1. The van der Waals surface area contributed by atoms with Crippen LogP contribution in [-0.4, -0.2) is 18.2 Å². The van der Waals surface area contributed by atoms with Gasteiger partial charge in [0, 0.05) is 18.2 Å². The van der Waals surface area contributed by atoms with Crippen molar-refractivity contribution < 1.29 is 14.6 Å². The predicted molar refractivity (Wildman–Crippen MR) is 52.9 cm³/mol. The number of aryl methyl sites for hydroxylation is 1. The Bertz CT molecular complexity index is 316. The molecule has 0 aromatic heterocycles. The maximum Gasteiger partial charge on any atom is 0.305 e. The minimum absolute atomic E-state index is 0.116. The van der Waals surface area contributed by atoms with Gasteiger partial charge in [-0.15, -0.1) is 0 Å². The van der Waals surface area contributed by atoms with Crippen molar-refractivity contribution in [3.05, 3.63) is 23.8 Å². The molecule has 0 saturated heterocycles. The number of phenolic OH excluding ortho intramolecular Hbond substituents is 1. The summed E-state index contributed by atoms with van der Waals surface area (Å²) in [6.45, 7) is 0. The van der Waals surface area contributed by atoms with Crippen LogP contribution in [0.3, 0.4) is 0 Å². The van der Waals surface area contributed by atoms with Gasteiger partial charge in [0.15, 0.2) is 0 Å². The lowest BCUT2D eigenvalue weighted by Gasteiger charge is -2.03. The molecule has 3 N–H and O–H groups in total. The minimum Gasteiger partial charge on any atom is -0.508 e. The highest BCUT2D eigenvalue weighted by Gasteiger charge is 2.03. The van der Waals surface area contributed by atoms with E-state index in [2.05, 4.69) is 4.74 Å². The van der Waals surface area contributed by atoms with Crippen LogP contribution >= 0.6 is 0 Å². The lowest BCUT2D eigenvalue weighted by Crippen LogP contribution is -2.02. The van der Waals surface area contributed by atoms with Crippen LogP contribution in [0, 0.1) is 0 Å². The monoisotopic (exact) mass is 195 g/mol. The molecule has 0 atom stereocenters. The first-order valence-corrected chi connectivity index (χ1v) is 4.27. The summed E-state index contributed by atoms with van der Waals surface area (Å²) in [5.41, 5.74) is 6.84. The quantitative estimate of drug-likeness (QED) is 0.559. The largest absolute Gasteiger partial charge is 0.508 e. The molecule has 1 rings (SSSR count). The standard InChI is InChI=1S/C10H13NO3/c1-14-10(13)3-2-7-4-8(11)6-9(12)5-7/h4-6,12H,2-3,11H2,1H3. The van der Waals surface area contributed by atoms with Crippen LogP contribution in [0.4, 0.5) is 5.69 Å². The van der Waals surface area contributed by atoms with Crippen LogP contribution in [0.25, 0.3) is 0 Å². The van der Waals surface area contributed by atoms with Crippen molar-refractivity contribution in [2.24, 2.45) is 0 Å². The van der Waals surface area contributed by atoms with E-state index in [1.165, 1.54) is 13.2 Å². The second kappa shape index (κ2) is 4.50. The van der Waals surface area contributed by atoms with Gasteiger partial charge < -0.3 is 15.6 Å². The van der Waals surface area contributed by atoms with Crippen LogP contribution < -0.4 is 5.73 Å². The molecule has 0 heterocycles. The zero-order valence-electron chi connectivity index (χ0n) is 7.99. The molecular weight excluding hydrogens is 182 g/mol. The number of nitrogen functional groups attached to an aromatic ring is 1. The number of methoxy groups -OCH3 is 1. The fraction of sp³-hybridized carbons (Fsp3) is 0.300. The molecule has 0 saturated carbocycles. The third-order valence-electron chi connectivity index (χ3n) is 1.85. The topological polar surface area (TPSA) is 72.5 Å². The third kappa shape index (κ3) is 2.97. The van der Waals surface area contributed by atoms with Crippen molar-refractivity contribution in [1.29, 1.82) is 0 Å². The highest BCUT2D eigenvalue weighted by molar-refractivity contribution is 5.69. The minimum atomic E-state index is -0.271. The van der Waals surface area contributed by atoms with E-state index in [-0.39, 0.29) is 11.7 Å². The van der Waals surface area contributed by atoms with E-state index in [4.69, 9.17) is 5.73 Å². The molecule has 0 spiro atoms. The molecule has 0 aliphatic carbocycles. The molecular formula is C10H13NO3. The number of carbonyl (C=O) groups excluding carboxylic acids is 1. The molecule has 0 amide bonds. The van der Waals surface area contributed by atoms with Crippen molar-refractivity contribution in [3.63, 3.8) is 0 Å². The molecule has 0 fully saturated rings. The summed E-state index contributed by atoms with van der Waals surface area (Å²) in [5, 5.41) is 9.22. The Morgan fingerprint density at radius 3 is 2.79 bits per heavy atom. The first kappa shape index (κ1) is 10.4. The van der Waals surface area contributed by atoms with Crippen molar-refractivity contribution in [2.75, 3.05) is 12.8 Å². The van der Waals surface area contributed by atoms with E-state index in [0.717, 1.165) is 5.56 Å². The predicted octanol–water partition coefficient (Wildman–Crippen LogP) is 1.08. The molecule has 0 unspecified atom stereocenters. The highest BCUT2D eigenvalue weighted by atomic mass is 16.5. The fourth-order valence-electron chi connectivity index (χ4n) is 1.19. The summed E-state index contributed by atoms with van der Waals surface area (Å²) in [7, 11) is 1.35. The van der Waals surface area contributed by atoms with Gasteiger partial charge in [-0.3, -0.25) is 4.79 Å². The van der Waals surface area contributed by atoms with Crippen molar-refractivity contribution in [1.82, 2.24) is 0 Å². The Hall–Kier alpha value is -1.71. The lowest BCUT2D eigenvalue weighted by atomic mass is 10.1. The average molecular weight is 195 g/mol. The van der Waals surface area contributed by atoms with E-state index < -0.39 is 0 Å². The van der Waals surface area contributed by atoms with Crippen LogP contribution in [-0.2, 0) is 16.0 Å². The number of esters is 1. The number of anilines is 1. The number of carbonyl (C=O) groups is 1. The van der Waals surface area contributed by atoms with Crippen molar-refractivity contribution in [3.8, 4) is 5.75 Å². The van der Waals surface area contributed by atoms with Crippen LogP contribution in [0.15, 0.2) is 18.2 Å². The Kier molecular flexibility index (Phi) is 3.34. The molecule has 0 aliphatic rings. The number of phenols is 1. The summed E-state index contributed by atoms with van der Waals surface area (Å²) in [6, 6.07) is 4.77. The molecule has 1 aromatic rings. The summed E-state index contributed by atoms with van der Waals surface area (Å²) < 4.78 is 4.50. The number of hydrogen-bond donors (Lipinski definition) is 2. The van der Waals surface area contributed by atoms with Gasteiger partial charge in [0.25, 0.3) is 0 Å². The first-order chi connectivity index (χ1) is 6.61. The fourth-order valence-corrected chi connectivity index (χ4v) is 1.19. The Morgan fingerprint density at radius 2 is 2.21 bits per heavy atom. The van der Waals surface area contributed by atoms with Crippen LogP contribution in [0.5, 0.6) is 5.75 Å². The van der Waals surface area contributed by atoms with E-state index in [1.54, 1.807) is 12.1 Å². The van der Waals surface area contributed by atoms with Gasteiger partial charge in [-0.1, -0.05) is 0 Å². The number of rotatable bonds is 3. The van der Waals surface area contributed by atoms with Gasteiger partial charge in [-0.2, -0.15) is 0 Å². The Balaban J connectivity index is 2.63. The van der Waals surface area contributed by atoms with E-state index in [9.17, 15) is 9.90 Å². The van der Waals surface area contributed by atoms with Gasteiger partial charge in [0.1, 0.15) is 5.75 Å². The van der Waals surface area contributed by atoms with Crippen LogP contribution in [0.2, 0.25) is 0 Å². The van der Waals surface area contributed by atoms with Crippen molar-refractivity contribution >= 4 is 11.7 Å². The summed E-state index contributed by atoms with van der Waals surface area (Å²) in [5.74, 6) is -0.156. The molecule has 1 aromatic carbocycles. The third-order valence-corrected chi connectivity index (χ3v) is 1.85. The smallest absolute Gasteiger partial charge is 0.305 e. The molecule has 76 valence electrons. The number of ether oxygens (including phenoxy) is 1. The number of aromatic hydroxyl groups is 1. The molecule has 0 radical (unpaired) electrons. The zero-order valence-corrected chi connectivity index (χ0v) is 7.99. The molecule has 4 nitrogen and oxygen atoms in total. The number of benzene rings is 1. The molecule has 14 heavy (non-hydrogen) atoms. The summed E-state index contributed by atoms with van der Waals surface area (Å²) in [6.07, 6.45) is 0.810. The Labute approximate surface area is 82.3 Å². The molecule has 0 bridgehead atoms. The van der Waals surface area contributed by atoms with Gasteiger partial charge in [-0.25, -0.2) is 0 Å². The average Bonchev–Trinajstić information content (AvgIpc) is 2.12. The highest BCUT2D eigenvalue weighted by Crippen LogP contribution is 2.18. The van der Waals surface area contributed by atoms with Gasteiger partial charge in [0.05, 0.1) is 7.11 Å². The van der Waals surface area contributed by atoms with Gasteiger partial charge >= 0.3 is 5.97 Å². The second-order valence-electron chi connectivity index (χ2n) is 3.01.